The zero-order chi connectivity index (χ0) is 22.1. The Labute approximate surface area is 179 Å². The number of rotatable bonds is 5. The van der Waals surface area contributed by atoms with Crippen molar-refractivity contribution in [2.24, 2.45) is 11.5 Å². The maximum Gasteiger partial charge on any atom is 0.250 e. The normalized spacial score (nSPS) is 11.0. The van der Waals surface area contributed by atoms with Crippen molar-refractivity contribution < 1.29 is 9.59 Å². The second-order valence-electron chi connectivity index (χ2n) is 7.46. The molecule has 6 nitrogen and oxygen atoms in total. The van der Waals surface area contributed by atoms with Crippen LogP contribution in [-0.2, 0) is 0 Å². The Bertz CT molecular complexity index is 1270. The van der Waals surface area contributed by atoms with Gasteiger partial charge in [0.25, 0.3) is 11.8 Å². The van der Waals surface area contributed by atoms with Crippen LogP contribution in [0.4, 0.5) is 11.4 Å². The number of carbonyl (C=O) groups excluding carboxylic acids is 2. The van der Waals surface area contributed by atoms with Crippen LogP contribution >= 0.6 is 0 Å². The van der Waals surface area contributed by atoms with Gasteiger partial charge >= 0.3 is 0 Å². The molecular weight excluding hydrogens is 388 g/mol. The number of hydrogen-bond acceptors (Lipinski definition) is 4. The molecule has 0 radical (unpaired) electrons. The molecule has 0 atom stereocenters. The zero-order valence-corrected chi connectivity index (χ0v) is 16.7. The van der Waals surface area contributed by atoms with Crippen LogP contribution in [0, 0.1) is 0 Å². The highest BCUT2D eigenvalue weighted by atomic mass is 16.1. The standard InChI is InChI=1S/C25H22N4O2/c26-21-9-7-17(12-19(21)24(28)30)23(18-8-10-22(27)20(13-18)25(29)31)16-6-5-14-3-1-2-4-15(14)11-16/h1-13,23H,26-27H2,(H2,28,30)(H2,29,31). The number of fused-ring (bicyclic) bond motifs is 1. The first-order valence-corrected chi connectivity index (χ1v) is 9.72. The fourth-order valence-corrected chi connectivity index (χ4v) is 3.90. The van der Waals surface area contributed by atoms with Crippen LogP contribution < -0.4 is 22.9 Å². The third-order valence-corrected chi connectivity index (χ3v) is 5.46. The molecule has 4 aromatic rings. The van der Waals surface area contributed by atoms with Crippen LogP contribution in [-0.4, -0.2) is 11.8 Å². The first-order chi connectivity index (χ1) is 14.8. The zero-order valence-electron chi connectivity index (χ0n) is 16.7. The van der Waals surface area contributed by atoms with E-state index in [1.165, 1.54) is 0 Å². The Morgan fingerprint density at radius 2 is 1.03 bits per heavy atom. The molecule has 0 aromatic heterocycles. The first kappa shape index (κ1) is 20.0. The topological polar surface area (TPSA) is 138 Å². The maximum absolute atomic E-state index is 11.9. The van der Waals surface area contributed by atoms with Crippen molar-refractivity contribution in [1.82, 2.24) is 0 Å². The van der Waals surface area contributed by atoms with Gasteiger partial charge in [0.2, 0.25) is 0 Å². The minimum Gasteiger partial charge on any atom is -0.398 e. The second kappa shape index (κ2) is 7.84. The van der Waals surface area contributed by atoms with Crippen LogP contribution in [0.25, 0.3) is 10.8 Å². The number of amides is 2. The highest BCUT2D eigenvalue weighted by Gasteiger charge is 2.21. The molecule has 0 saturated carbocycles. The van der Waals surface area contributed by atoms with Crippen LogP contribution in [0.2, 0.25) is 0 Å². The molecule has 0 unspecified atom stereocenters. The molecule has 6 heteroatoms. The van der Waals surface area contributed by atoms with E-state index < -0.39 is 11.8 Å². The van der Waals surface area contributed by atoms with Gasteiger partial charge in [0.1, 0.15) is 0 Å². The molecule has 2 amide bonds. The molecule has 0 aliphatic rings. The van der Waals surface area contributed by atoms with Gasteiger partial charge in [-0.05, 0) is 51.7 Å². The Morgan fingerprint density at radius 3 is 1.55 bits per heavy atom. The summed E-state index contributed by atoms with van der Waals surface area (Å²) in [4.78, 5) is 23.8. The van der Waals surface area contributed by atoms with Gasteiger partial charge < -0.3 is 22.9 Å². The predicted molar refractivity (Wildman–Crippen MR) is 124 cm³/mol. The van der Waals surface area contributed by atoms with Gasteiger partial charge in [-0.3, -0.25) is 9.59 Å². The van der Waals surface area contributed by atoms with Gasteiger partial charge in [-0.2, -0.15) is 0 Å². The van der Waals surface area contributed by atoms with E-state index in [4.69, 9.17) is 22.9 Å². The van der Waals surface area contributed by atoms with Crippen molar-refractivity contribution in [3.8, 4) is 0 Å². The lowest BCUT2D eigenvalue weighted by Crippen LogP contribution is -2.16. The quantitative estimate of drug-likeness (QED) is 0.296. The van der Waals surface area contributed by atoms with E-state index in [0.717, 1.165) is 27.5 Å². The molecule has 4 aromatic carbocycles. The Balaban J connectivity index is 1.97. The van der Waals surface area contributed by atoms with E-state index in [0.29, 0.717) is 11.4 Å². The molecule has 0 spiro atoms. The van der Waals surface area contributed by atoms with Gasteiger partial charge in [0.05, 0.1) is 11.1 Å². The summed E-state index contributed by atoms with van der Waals surface area (Å²) in [6.07, 6.45) is 0. The van der Waals surface area contributed by atoms with Crippen molar-refractivity contribution in [3.63, 3.8) is 0 Å². The number of anilines is 2. The number of primary amides is 2. The van der Waals surface area contributed by atoms with E-state index in [1.807, 2.05) is 48.5 Å². The second-order valence-corrected chi connectivity index (χ2v) is 7.46. The smallest absolute Gasteiger partial charge is 0.250 e. The third-order valence-electron chi connectivity index (χ3n) is 5.46. The molecule has 0 aliphatic heterocycles. The Kier molecular flexibility index (Phi) is 5.05. The predicted octanol–water partition coefficient (Wildman–Crippen LogP) is 3.38. The van der Waals surface area contributed by atoms with Crippen molar-refractivity contribution in [2.45, 2.75) is 5.92 Å². The van der Waals surface area contributed by atoms with Crippen LogP contribution in [0.5, 0.6) is 0 Å². The minimum absolute atomic E-state index is 0.244. The van der Waals surface area contributed by atoms with Crippen LogP contribution in [0.3, 0.4) is 0 Å². The van der Waals surface area contributed by atoms with E-state index in [9.17, 15) is 9.59 Å². The minimum atomic E-state index is -0.605. The van der Waals surface area contributed by atoms with Crippen LogP contribution in [0.1, 0.15) is 43.3 Å². The number of carbonyl (C=O) groups is 2. The molecule has 4 rings (SSSR count). The monoisotopic (exact) mass is 410 g/mol. The van der Waals surface area contributed by atoms with Gasteiger partial charge in [-0.25, -0.2) is 0 Å². The fourth-order valence-electron chi connectivity index (χ4n) is 3.90. The number of nitrogen functional groups attached to an aromatic ring is 2. The van der Waals surface area contributed by atoms with Crippen molar-refractivity contribution in [1.29, 1.82) is 0 Å². The summed E-state index contributed by atoms with van der Waals surface area (Å²) >= 11 is 0. The van der Waals surface area contributed by atoms with Gasteiger partial charge in [-0.1, -0.05) is 54.6 Å². The van der Waals surface area contributed by atoms with Crippen molar-refractivity contribution >= 4 is 34.0 Å². The first-order valence-electron chi connectivity index (χ1n) is 9.72. The van der Waals surface area contributed by atoms with Gasteiger partial charge in [0, 0.05) is 17.3 Å². The van der Waals surface area contributed by atoms with E-state index in [-0.39, 0.29) is 17.0 Å². The number of nitrogens with two attached hydrogens (primary N) is 4. The third kappa shape index (κ3) is 3.79. The molecule has 0 heterocycles. The average molecular weight is 410 g/mol. The Morgan fingerprint density at radius 1 is 0.581 bits per heavy atom. The lowest BCUT2D eigenvalue weighted by molar-refractivity contribution is 0.0992. The highest BCUT2D eigenvalue weighted by Crippen LogP contribution is 2.36. The van der Waals surface area contributed by atoms with E-state index in [1.54, 1.807) is 24.3 Å². The summed E-state index contributed by atoms with van der Waals surface area (Å²) < 4.78 is 0. The summed E-state index contributed by atoms with van der Waals surface area (Å²) in [6.45, 7) is 0. The number of hydrogen-bond donors (Lipinski definition) is 4. The Hall–Kier alpha value is -4.32. The lowest BCUT2D eigenvalue weighted by Gasteiger charge is -2.21. The van der Waals surface area contributed by atoms with E-state index >= 15 is 0 Å². The van der Waals surface area contributed by atoms with Gasteiger partial charge in [-0.15, -0.1) is 0 Å². The summed E-state index contributed by atoms with van der Waals surface area (Å²) in [5.74, 6) is -1.51. The largest absolute Gasteiger partial charge is 0.398 e. The van der Waals surface area contributed by atoms with Gasteiger partial charge in [0.15, 0.2) is 0 Å². The molecule has 0 bridgehead atoms. The molecular formula is C25H22N4O2. The average Bonchev–Trinajstić information content (AvgIpc) is 2.75. The number of benzene rings is 4. The molecule has 31 heavy (non-hydrogen) atoms. The van der Waals surface area contributed by atoms with Crippen LogP contribution in [0.15, 0.2) is 78.9 Å². The summed E-state index contributed by atoms with van der Waals surface area (Å²) in [7, 11) is 0. The van der Waals surface area contributed by atoms with Crippen molar-refractivity contribution in [2.75, 3.05) is 11.5 Å². The SMILES string of the molecule is NC(=O)c1cc(C(c2ccc(N)c(C(N)=O)c2)c2ccc3ccccc3c2)ccc1N. The molecule has 0 fully saturated rings. The highest BCUT2D eigenvalue weighted by molar-refractivity contribution is 5.99. The summed E-state index contributed by atoms with van der Waals surface area (Å²) in [5.41, 5.74) is 26.6. The fraction of sp³-hybridized carbons (Fsp3) is 0.0400. The molecule has 0 saturated heterocycles. The van der Waals surface area contributed by atoms with Crippen molar-refractivity contribution in [3.05, 3.63) is 107 Å². The maximum atomic E-state index is 11.9. The molecule has 8 N–H and O–H groups in total. The summed E-state index contributed by atoms with van der Waals surface area (Å²) in [5, 5.41) is 2.18. The lowest BCUT2D eigenvalue weighted by atomic mass is 9.82. The van der Waals surface area contributed by atoms with E-state index in [2.05, 4.69) is 6.07 Å². The molecule has 154 valence electrons. The molecule has 0 aliphatic carbocycles. The summed E-state index contributed by atoms with van der Waals surface area (Å²) in [6, 6.07) is 24.6.